The maximum Gasteiger partial charge on any atom is 0.407 e. The number of carbonyl (C=O) groups excluding carboxylic acids is 2. The molecular weight excluding hydrogens is 282 g/mol. The number of rotatable bonds is 3. The first-order valence-electron chi connectivity index (χ1n) is 8.37. The third-order valence-electron chi connectivity index (χ3n) is 4.12. The van der Waals surface area contributed by atoms with E-state index in [9.17, 15) is 9.59 Å². The van der Waals surface area contributed by atoms with Gasteiger partial charge in [-0.25, -0.2) is 4.79 Å². The Hall–Kier alpha value is -1.30. The number of piperidine rings is 1. The maximum absolute atomic E-state index is 11.9. The SMILES string of the molecule is CC(C)(C)OC(=O)NC1CCCC(NC2CCCNC2=O)C1. The van der Waals surface area contributed by atoms with Gasteiger partial charge in [0.25, 0.3) is 0 Å². The molecule has 1 aliphatic heterocycles. The minimum absolute atomic E-state index is 0.0842. The van der Waals surface area contributed by atoms with Gasteiger partial charge in [-0.3, -0.25) is 4.79 Å². The zero-order chi connectivity index (χ0) is 16.2. The van der Waals surface area contributed by atoms with Gasteiger partial charge in [-0.2, -0.15) is 0 Å². The Bertz CT molecular complexity index is 406. The predicted molar refractivity (Wildman–Crippen MR) is 84.6 cm³/mol. The van der Waals surface area contributed by atoms with Crippen LogP contribution in [0.25, 0.3) is 0 Å². The van der Waals surface area contributed by atoms with Gasteiger partial charge in [-0.1, -0.05) is 0 Å². The van der Waals surface area contributed by atoms with E-state index in [0.717, 1.165) is 45.1 Å². The third kappa shape index (κ3) is 5.48. The van der Waals surface area contributed by atoms with Crippen LogP contribution in [0.2, 0.25) is 0 Å². The highest BCUT2D eigenvalue weighted by Crippen LogP contribution is 2.20. The Morgan fingerprint density at radius 1 is 1.18 bits per heavy atom. The quantitative estimate of drug-likeness (QED) is 0.741. The number of hydrogen-bond donors (Lipinski definition) is 3. The van der Waals surface area contributed by atoms with Crippen LogP contribution in [0, 0.1) is 0 Å². The van der Waals surface area contributed by atoms with Crippen molar-refractivity contribution in [2.24, 2.45) is 0 Å². The molecule has 6 nitrogen and oxygen atoms in total. The van der Waals surface area contributed by atoms with Crippen LogP contribution in [0.3, 0.4) is 0 Å². The minimum atomic E-state index is -0.476. The van der Waals surface area contributed by atoms with E-state index in [2.05, 4.69) is 16.0 Å². The Kier molecular flexibility index (Phi) is 5.67. The summed E-state index contributed by atoms with van der Waals surface area (Å²) in [6.07, 6.45) is 5.48. The fraction of sp³-hybridized carbons (Fsp3) is 0.875. The molecule has 2 aliphatic rings. The zero-order valence-electron chi connectivity index (χ0n) is 13.9. The molecule has 126 valence electrons. The van der Waals surface area contributed by atoms with Crippen LogP contribution in [0.1, 0.15) is 59.3 Å². The van der Waals surface area contributed by atoms with Crippen LogP contribution in [0.15, 0.2) is 0 Å². The highest BCUT2D eigenvalue weighted by Gasteiger charge is 2.29. The van der Waals surface area contributed by atoms with E-state index in [1.54, 1.807) is 0 Å². The maximum atomic E-state index is 11.9. The standard InChI is InChI=1S/C16H29N3O3/c1-16(2,3)22-15(21)19-12-7-4-6-11(10-12)18-13-8-5-9-17-14(13)20/h11-13,18H,4-10H2,1-3H3,(H,17,20)(H,19,21). The Labute approximate surface area is 132 Å². The highest BCUT2D eigenvalue weighted by molar-refractivity contribution is 5.82. The summed E-state index contributed by atoms with van der Waals surface area (Å²) in [7, 11) is 0. The van der Waals surface area contributed by atoms with Crippen LogP contribution in [-0.4, -0.2) is 42.3 Å². The summed E-state index contributed by atoms with van der Waals surface area (Å²) < 4.78 is 5.31. The predicted octanol–water partition coefficient (Wildman–Crippen LogP) is 1.69. The first kappa shape index (κ1) is 17.1. The molecule has 2 rings (SSSR count). The largest absolute Gasteiger partial charge is 0.444 e. The number of carbonyl (C=O) groups is 2. The lowest BCUT2D eigenvalue weighted by Crippen LogP contribution is -2.54. The lowest BCUT2D eigenvalue weighted by Gasteiger charge is -2.34. The second kappa shape index (κ2) is 7.31. The summed E-state index contributed by atoms with van der Waals surface area (Å²) in [6.45, 7) is 6.36. The van der Waals surface area contributed by atoms with Crippen molar-refractivity contribution in [2.75, 3.05) is 6.54 Å². The summed E-state index contributed by atoms with van der Waals surface area (Å²) >= 11 is 0. The molecule has 3 atom stereocenters. The summed E-state index contributed by atoms with van der Waals surface area (Å²) in [5.41, 5.74) is -0.476. The molecule has 6 heteroatoms. The topological polar surface area (TPSA) is 79.5 Å². The molecule has 0 aromatic carbocycles. The first-order chi connectivity index (χ1) is 10.3. The summed E-state index contributed by atoms with van der Waals surface area (Å²) in [5.74, 6) is 0.105. The molecule has 1 aliphatic carbocycles. The van der Waals surface area contributed by atoms with Crippen molar-refractivity contribution >= 4 is 12.0 Å². The normalized spacial score (nSPS) is 29.6. The second-order valence-electron chi connectivity index (χ2n) is 7.36. The fourth-order valence-electron chi connectivity index (χ4n) is 3.16. The van der Waals surface area contributed by atoms with Crippen molar-refractivity contribution in [1.82, 2.24) is 16.0 Å². The van der Waals surface area contributed by atoms with Gasteiger partial charge in [0.15, 0.2) is 0 Å². The van der Waals surface area contributed by atoms with E-state index in [0.29, 0.717) is 0 Å². The van der Waals surface area contributed by atoms with Crippen LogP contribution in [0.4, 0.5) is 4.79 Å². The lowest BCUT2D eigenvalue weighted by molar-refractivity contribution is -0.124. The van der Waals surface area contributed by atoms with Gasteiger partial charge in [0.05, 0.1) is 6.04 Å². The summed E-state index contributed by atoms with van der Waals surface area (Å²) in [5, 5.41) is 9.31. The van der Waals surface area contributed by atoms with Gasteiger partial charge in [-0.15, -0.1) is 0 Å². The second-order valence-corrected chi connectivity index (χ2v) is 7.36. The molecule has 2 amide bonds. The molecule has 0 aromatic heterocycles. The monoisotopic (exact) mass is 311 g/mol. The Morgan fingerprint density at radius 2 is 1.91 bits per heavy atom. The van der Waals surface area contributed by atoms with Gasteiger partial charge in [0.1, 0.15) is 5.60 Å². The van der Waals surface area contributed by atoms with Crippen LogP contribution in [0.5, 0.6) is 0 Å². The summed E-state index contributed by atoms with van der Waals surface area (Å²) in [4.78, 5) is 23.7. The molecule has 2 fully saturated rings. The van der Waals surface area contributed by atoms with Gasteiger partial charge >= 0.3 is 6.09 Å². The number of alkyl carbamates (subject to hydrolysis) is 1. The first-order valence-corrected chi connectivity index (χ1v) is 8.37. The molecule has 3 N–H and O–H groups in total. The number of nitrogens with one attached hydrogen (secondary N) is 3. The van der Waals surface area contributed by atoms with Crippen molar-refractivity contribution in [3.8, 4) is 0 Å². The molecule has 1 heterocycles. The minimum Gasteiger partial charge on any atom is -0.444 e. The van der Waals surface area contributed by atoms with E-state index in [1.807, 2.05) is 20.8 Å². The van der Waals surface area contributed by atoms with E-state index in [-0.39, 0.29) is 30.1 Å². The molecule has 0 spiro atoms. The van der Waals surface area contributed by atoms with E-state index in [4.69, 9.17) is 4.74 Å². The van der Waals surface area contributed by atoms with E-state index < -0.39 is 5.60 Å². The third-order valence-corrected chi connectivity index (χ3v) is 4.12. The smallest absolute Gasteiger partial charge is 0.407 e. The molecule has 0 bridgehead atoms. The molecule has 1 saturated carbocycles. The molecule has 0 aromatic rings. The van der Waals surface area contributed by atoms with Crippen molar-refractivity contribution in [1.29, 1.82) is 0 Å². The molecule has 1 saturated heterocycles. The van der Waals surface area contributed by atoms with Crippen LogP contribution >= 0.6 is 0 Å². The van der Waals surface area contributed by atoms with E-state index in [1.165, 1.54) is 0 Å². The highest BCUT2D eigenvalue weighted by atomic mass is 16.6. The molecular formula is C16H29N3O3. The summed E-state index contributed by atoms with van der Waals surface area (Å²) in [6, 6.07) is 0.314. The zero-order valence-corrected chi connectivity index (χ0v) is 13.9. The van der Waals surface area contributed by atoms with Crippen molar-refractivity contribution in [2.45, 2.75) is 83.0 Å². The van der Waals surface area contributed by atoms with Crippen LogP contribution < -0.4 is 16.0 Å². The van der Waals surface area contributed by atoms with Gasteiger partial charge in [0.2, 0.25) is 5.91 Å². The Morgan fingerprint density at radius 3 is 2.59 bits per heavy atom. The number of hydrogen-bond acceptors (Lipinski definition) is 4. The van der Waals surface area contributed by atoms with E-state index >= 15 is 0 Å². The fourth-order valence-corrected chi connectivity index (χ4v) is 3.16. The van der Waals surface area contributed by atoms with Crippen molar-refractivity contribution in [3.63, 3.8) is 0 Å². The van der Waals surface area contributed by atoms with Gasteiger partial charge < -0.3 is 20.7 Å². The van der Waals surface area contributed by atoms with Gasteiger partial charge in [0, 0.05) is 18.6 Å². The lowest BCUT2D eigenvalue weighted by atomic mass is 9.90. The average Bonchev–Trinajstić information content (AvgIpc) is 2.39. The molecule has 22 heavy (non-hydrogen) atoms. The van der Waals surface area contributed by atoms with Gasteiger partial charge in [-0.05, 0) is 59.3 Å². The molecule has 0 radical (unpaired) electrons. The average molecular weight is 311 g/mol. The molecule has 3 unspecified atom stereocenters. The van der Waals surface area contributed by atoms with Crippen molar-refractivity contribution in [3.05, 3.63) is 0 Å². The number of amides is 2. The number of ether oxygens (including phenoxy) is 1. The van der Waals surface area contributed by atoms with Crippen molar-refractivity contribution < 1.29 is 14.3 Å². The Balaban J connectivity index is 1.78. The van der Waals surface area contributed by atoms with Crippen LogP contribution in [-0.2, 0) is 9.53 Å².